The van der Waals surface area contributed by atoms with Gasteiger partial charge in [0.05, 0.1) is 0 Å². The van der Waals surface area contributed by atoms with Gasteiger partial charge in [-0.25, -0.2) is 0 Å². The molecule has 2 heterocycles. The van der Waals surface area contributed by atoms with Gasteiger partial charge >= 0.3 is 0 Å². The first-order valence-electron chi connectivity index (χ1n) is 6.65. The molecule has 3 heteroatoms. The average Bonchev–Trinajstić information content (AvgIpc) is 2.66. The molecule has 1 aromatic carbocycles. The number of benzene rings is 1. The number of rotatable bonds is 2. The molecular weight excluding hydrogens is 288 g/mol. The predicted molar refractivity (Wildman–Crippen MR) is 79.8 cm³/mol. The lowest BCUT2D eigenvalue weighted by Crippen LogP contribution is -2.33. The van der Waals surface area contributed by atoms with E-state index in [2.05, 4.69) is 57.9 Å². The van der Waals surface area contributed by atoms with E-state index in [4.69, 9.17) is 0 Å². The third kappa shape index (κ3) is 2.21. The number of nitrogens with zero attached hydrogens (tertiary/aromatic N) is 1. The van der Waals surface area contributed by atoms with Crippen molar-refractivity contribution in [2.75, 3.05) is 13.1 Å². The van der Waals surface area contributed by atoms with Gasteiger partial charge in [-0.1, -0.05) is 29.8 Å². The first-order chi connectivity index (χ1) is 8.63. The van der Waals surface area contributed by atoms with Gasteiger partial charge in [0, 0.05) is 47.1 Å². The maximum Gasteiger partial charge on any atom is 0.0460 e. The Hall–Kier alpha value is -0.800. The zero-order valence-electron chi connectivity index (χ0n) is 11.0. The molecule has 3 rings (SSSR count). The monoisotopic (exact) mass is 306 g/mol. The van der Waals surface area contributed by atoms with Crippen LogP contribution in [0.25, 0.3) is 10.9 Å². The minimum absolute atomic E-state index is 0.739. The fourth-order valence-corrected chi connectivity index (χ4v) is 3.28. The van der Waals surface area contributed by atoms with Gasteiger partial charge in [0.25, 0.3) is 0 Å². The quantitative estimate of drug-likeness (QED) is 0.890. The summed E-state index contributed by atoms with van der Waals surface area (Å²) in [6.45, 7) is 8.05. The second-order valence-corrected chi connectivity index (χ2v) is 6.57. The first-order valence-corrected chi connectivity index (χ1v) is 7.44. The van der Waals surface area contributed by atoms with E-state index in [1.807, 2.05) is 0 Å². The van der Waals surface area contributed by atoms with Crippen LogP contribution in [0, 0.1) is 5.92 Å². The second-order valence-electron chi connectivity index (χ2n) is 5.65. The molecule has 1 aliphatic rings. The van der Waals surface area contributed by atoms with Crippen LogP contribution in [0.5, 0.6) is 0 Å². The molecule has 0 bridgehead atoms. The number of fused-ring (bicyclic) bond motifs is 3. The van der Waals surface area contributed by atoms with E-state index in [0.717, 1.165) is 23.4 Å². The summed E-state index contributed by atoms with van der Waals surface area (Å²) in [5, 5.41) is 1.38. The van der Waals surface area contributed by atoms with Gasteiger partial charge in [-0.3, -0.25) is 4.90 Å². The highest BCUT2D eigenvalue weighted by Gasteiger charge is 2.20. The number of hydrogen-bond donors (Lipinski definition) is 1. The van der Waals surface area contributed by atoms with Crippen LogP contribution in [0.3, 0.4) is 0 Å². The molecule has 0 fully saturated rings. The highest BCUT2D eigenvalue weighted by molar-refractivity contribution is 9.10. The van der Waals surface area contributed by atoms with E-state index in [-0.39, 0.29) is 0 Å². The first kappa shape index (κ1) is 12.2. The molecule has 0 radical (unpaired) electrons. The third-order valence-corrected chi connectivity index (χ3v) is 4.13. The van der Waals surface area contributed by atoms with Gasteiger partial charge in [0.2, 0.25) is 0 Å². The summed E-state index contributed by atoms with van der Waals surface area (Å²) in [6.07, 6.45) is 1.15. The van der Waals surface area contributed by atoms with Crippen molar-refractivity contribution in [3.8, 4) is 0 Å². The average molecular weight is 307 g/mol. The molecule has 96 valence electrons. The maximum atomic E-state index is 3.57. The Morgan fingerprint density at radius 2 is 2.22 bits per heavy atom. The Morgan fingerprint density at radius 1 is 1.39 bits per heavy atom. The van der Waals surface area contributed by atoms with E-state index in [1.165, 1.54) is 35.2 Å². The minimum atomic E-state index is 0.739. The Balaban J connectivity index is 1.98. The molecule has 1 aromatic heterocycles. The summed E-state index contributed by atoms with van der Waals surface area (Å²) in [7, 11) is 0. The fraction of sp³-hybridized carbons (Fsp3) is 0.467. The van der Waals surface area contributed by atoms with Crippen molar-refractivity contribution in [3.63, 3.8) is 0 Å². The number of nitrogens with one attached hydrogen (secondary N) is 1. The molecule has 0 spiro atoms. The number of aromatic nitrogens is 1. The molecule has 0 atom stereocenters. The van der Waals surface area contributed by atoms with Gasteiger partial charge in [0.15, 0.2) is 0 Å². The Bertz CT molecular complexity index is 571. The van der Waals surface area contributed by atoms with Crippen LogP contribution in [0.15, 0.2) is 22.7 Å². The van der Waals surface area contributed by atoms with Crippen molar-refractivity contribution in [1.82, 2.24) is 9.88 Å². The number of halogens is 1. The van der Waals surface area contributed by atoms with Crippen molar-refractivity contribution in [2.45, 2.75) is 26.8 Å². The molecule has 0 amide bonds. The lowest BCUT2D eigenvalue weighted by molar-refractivity contribution is 0.226. The van der Waals surface area contributed by atoms with Gasteiger partial charge in [0.1, 0.15) is 0 Å². The lowest BCUT2D eigenvalue weighted by atomic mass is 10.0. The summed E-state index contributed by atoms with van der Waals surface area (Å²) >= 11 is 3.57. The Kier molecular flexibility index (Phi) is 3.20. The van der Waals surface area contributed by atoms with Crippen LogP contribution in [0.4, 0.5) is 0 Å². The SMILES string of the molecule is CC(C)CN1CCc2[nH]c3ccc(Br)cc3c2C1. The van der Waals surface area contributed by atoms with Crippen molar-refractivity contribution in [1.29, 1.82) is 0 Å². The summed E-state index contributed by atoms with van der Waals surface area (Å²) in [5.74, 6) is 0.739. The predicted octanol–water partition coefficient (Wildman–Crippen LogP) is 3.94. The molecule has 18 heavy (non-hydrogen) atoms. The Morgan fingerprint density at radius 3 is 3.00 bits per heavy atom. The van der Waals surface area contributed by atoms with E-state index in [9.17, 15) is 0 Å². The summed E-state index contributed by atoms with van der Waals surface area (Å²) in [5.41, 5.74) is 4.20. The molecule has 1 aliphatic heterocycles. The topological polar surface area (TPSA) is 19.0 Å². The van der Waals surface area contributed by atoms with E-state index in [0.29, 0.717) is 0 Å². The van der Waals surface area contributed by atoms with Crippen LogP contribution in [-0.4, -0.2) is 23.0 Å². The van der Waals surface area contributed by atoms with E-state index < -0.39 is 0 Å². The van der Waals surface area contributed by atoms with Crippen molar-refractivity contribution in [2.24, 2.45) is 5.92 Å². The molecule has 0 saturated carbocycles. The Labute approximate surface area is 116 Å². The van der Waals surface area contributed by atoms with Crippen molar-refractivity contribution < 1.29 is 0 Å². The number of aromatic amines is 1. The molecule has 2 aromatic rings. The van der Waals surface area contributed by atoms with Crippen LogP contribution >= 0.6 is 15.9 Å². The molecular formula is C15H19BrN2. The summed E-state index contributed by atoms with van der Waals surface area (Å²) in [6, 6.07) is 6.52. The number of H-pyrrole nitrogens is 1. The highest BCUT2D eigenvalue weighted by atomic mass is 79.9. The van der Waals surface area contributed by atoms with Gasteiger partial charge in [-0.15, -0.1) is 0 Å². The van der Waals surface area contributed by atoms with Crippen molar-refractivity contribution >= 4 is 26.8 Å². The van der Waals surface area contributed by atoms with Crippen LogP contribution in [0.1, 0.15) is 25.1 Å². The summed E-state index contributed by atoms with van der Waals surface area (Å²) in [4.78, 5) is 6.14. The zero-order valence-corrected chi connectivity index (χ0v) is 12.5. The van der Waals surface area contributed by atoms with Gasteiger partial charge in [-0.2, -0.15) is 0 Å². The standard InChI is InChI=1S/C15H19BrN2/c1-10(2)8-18-6-5-15-13(9-18)12-7-11(16)3-4-14(12)17-15/h3-4,7,10,17H,5-6,8-9H2,1-2H3. The van der Waals surface area contributed by atoms with Crippen LogP contribution in [-0.2, 0) is 13.0 Å². The normalized spacial score (nSPS) is 16.4. The minimum Gasteiger partial charge on any atom is -0.358 e. The second kappa shape index (κ2) is 4.71. The molecule has 0 aliphatic carbocycles. The van der Waals surface area contributed by atoms with E-state index in [1.54, 1.807) is 0 Å². The highest BCUT2D eigenvalue weighted by Crippen LogP contribution is 2.30. The molecule has 0 saturated heterocycles. The smallest absolute Gasteiger partial charge is 0.0460 e. The van der Waals surface area contributed by atoms with E-state index >= 15 is 0 Å². The van der Waals surface area contributed by atoms with Crippen LogP contribution in [0.2, 0.25) is 0 Å². The maximum absolute atomic E-state index is 3.57. The number of hydrogen-bond acceptors (Lipinski definition) is 1. The largest absolute Gasteiger partial charge is 0.358 e. The summed E-state index contributed by atoms with van der Waals surface area (Å²) < 4.78 is 1.16. The van der Waals surface area contributed by atoms with Crippen molar-refractivity contribution in [3.05, 3.63) is 33.9 Å². The molecule has 2 nitrogen and oxygen atoms in total. The van der Waals surface area contributed by atoms with Gasteiger partial charge < -0.3 is 4.98 Å². The third-order valence-electron chi connectivity index (χ3n) is 3.64. The van der Waals surface area contributed by atoms with Crippen LogP contribution < -0.4 is 0 Å². The zero-order chi connectivity index (χ0) is 12.7. The lowest BCUT2D eigenvalue weighted by Gasteiger charge is -2.28. The fourth-order valence-electron chi connectivity index (χ4n) is 2.91. The molecule has 0 unspecified atom stereocenters. The molecule has 1 N–H and O–H groups in total. The van der Waals surface area contributed by atoms with Gasteiger partial charge in [-0.05, 0) is 29.7 Å².